The summed E-state index contributed by atoms with van der Waals surface area (Å²) in [5.41, 5.74) is 0. The third-order valence-electron chi connectivity index (χ3n) is 1.89. The van der Waals surface area contributed by atoms with Gasteiger partial charge in [-0.3, -0.25) is 0 Å². The molecule has 0 saturated carbocycles. The van der Waals surface area contributed by atoms with Crippen molar-refractivity contribution in [2.75, 3.05) is 6.61 Å². The maximum Gasteiger partial charge on any atom is 0.291 e. The highest BCUT2D eigenvalue weighted by atomic mass is 16.9. The summed E-state index contributed by atoms with van der Waals surface area (Å²) >= 11 is 0. The third-order valence-corrected chi connectivity index (χ3v) is 1.89. The van der Waals surface area contributed by atoms with E-state index in [1.165, 1.54) is 0 Å². The Bertz CT molecular complexity index is 189. The van der Waals surface area contributed by atoms with Crippen LogP contribution in [0.5, 0.6) is 0 Å². The molecular formula is C8H20N2O8. The lowest BCUT2D eigenvalue weighted by atomic mass is 9.97. The topological polar surface area (TPSA) is 167 Å². The Labute approximate surface area is 104 Å². The minimum absolute atomic E-state index is 0.0833. The molecule has 4 N–H and O–H groups in total. The molecule has 0 aromatic rings. The second-order valence-corrected chi connectivity index (χ2v) is 3.18. The summed E-state index contributed by atoms with van der Waals surface area (Å²) in [4.78, 5) is 16.7. The fourth-order valence-electron chi connectivity index (χ4n) is 1.05. The lowest BCUT2D eigenvalue weighted by Gasteiger charge is -2.17. The van der Waals surface area contributed by atoms with Gasteiger partial charge in [-0.05, 0) is 12.8 Å². The monoisotopic (exact) mass is 272 g/mol. The molecule has 2 unspecified atom stereocenters. The van der Waals surface area contributed by atoms with E-state index in [1.54, 1.807) is 0 Å². The van der Waals surface area contributed by atoms with Crippen molar-refractivity contribution in [2.45, 2.75) is 39.2 Å². The number of hydrogen-bond acceptors (Lipinski definition) is 6. The van der Waals surface area contributed by atoms with Gasteiger partial charge in [0.2, 0.25) is 0 Å². The van der Waals surface area contributed by atoms with Crippen LogP contribution in [0.4, 0.5) is 0 Å². The van der Waals surface area contributed by atoms with Gasteiger partial charge >= 0.3 is 0 Å². The summed E-state index contributed by atoms with van der Waals surface area (Å²) in [6, 6.07) is 0. The molecule has 0 heterocycles. The van der Waals surface area contributed by atoms with Crippen LogP contribution < -0.4 is 0 Å². The van der Waals surface area contributed by atoms with E-state index in [1.807, 2.05) is 13.8 Å². The Balaban J connectivity index is -0.000000233. The summed E-state index contributed by atoms with van der Waals surface area (Å²) in [5, 5.41) is 45.4. The van der Waals surface area contributed by atoms with Gasteiger partial charge in [0.25, 0.3) is 10.2 Å². The molecule has 18 heavy (non-hydrogen) atoms. The Morgan fingerprint density at radius 1 is 1.11 bits per heavy atom. The van der Waals surface area contributed by atoms with Crippen molar-refractivity contribution >= 4 is 0 Å². The van der Waals surface area contributed by atoms with Gasteiger partial charge in [0, 0.05) is 12.5 Å². The fourth-order valence-corrected chi connectivity index (χ4v) is 1.05. The van der Waals surface area contributed by atoms with Crippen LogP contribution in [-0.2, 0) is 0 Å². The minimum atomic E-state index is -1.50. The van der Waals surface area contributed by atoms with Crippen molar-refractivity contribution in [2.24, 2.45) is 5.92 Å². The summed E-state index contributed by atoms with van der Waals surface area (Å²) in [5.74, 6) is 0.0833. The van der Waals surface area contributed by atoms with E-state index in [2.05, 4.69) is 0 Å². The molecule has 0 amide bonds. The van der Waals surface area contributed by atoms with Gasteiger partial charge in [-0.15, -0.1) is 20.2 Å². The van der Waals surface area contributed by atoms with Gasteiger partial charge in [0.05, 0.1) is 6.10 Å². The van der Waals surface area contributed by atoms with E-state index in [-0.39, 0.29) is 18.6 Å². The highest BCUT2D eigenvalue weighted by molar-refractivity contribution is 4.65. The van der Waals surface area contributed by atoms with Gasteiger partial charge in [-0.2, -0.15) is 0 Å². The first kappa shape index (κ1) is 21.6. The van der Waals surface area contributed by atoms with Crippen LogP contribution in [0, 0.1) is 26.1 Å². The first-order chi connectivity index (χ1) is 8.22. The number of aliphatic hydroxyl groups is 2. The molecule has 0 radical (unpaired) electrons. The van der Waals surface area contributed by atoms with Gasteiger partial charge in [0.1, 0.15) is 0 Å². The van der Waals surface area contributed by atoms with Crippen LogP contribution in [0.2, 0.25) is 0 Å². The molecule has 2 atom stereocenters. The van der Waals surface area contributed by atoms with Crippen molar-refractivity contribution in [3.05, 3.63) is 20.2 Å². The number of nitrogens with zero attached hydrogens (tertiary/aromatic N) is 2. The summed E-state index contributed by atoms with van der Waals surface area (Å²) in [6.45, 7) is 4.13. The fraction of sp³-hybridized carbons (Fsp3) is 1.00. The second-order valence-electron chi connectivity index (χ2n) is 3.18. The quantitative estimate of drug-likeness (QED) is 0.413. The predicted molar refractivity (Wildman–Crippen MR) is 59.3 cm³/mol. The highest BCUT2D eigenvalue weighted by Crippen LogP contribution is 2.11. The third kappa shape index (κ3) is 29.2. The average Bonchev–Trinajstić information content (AvgIpc) is 2.18. The smallest absolute Gasteiger partial charge is 0.291 e. The van der Waals surface area contributed by atoms with Crippen LogP contribution in [0.3, 0.4) is 0 Å². The van der Waals surface area contributed by atoms with Gasteiger partial charge in [-0.25, -0.2) is 0 Å². The van der Waals surface area contributed by atoms with Crippen LogP contribution in [-0.4, -0.2) is 43.5 Å². The first-order valence-corrected chi connectivity index (χ1v) is 5.18. The van der Waals surface area contributed by atoms with Crippen LogP contribution in [0.1, 0.15) is 33.1 Å². The average molecular weight is 272 g/mol. The molecule has 0 bridgehead atoms. The molecule has 10 nitrogen and oxygen atoms in total. The zero-order chi connectivity index (χ0) is 15.1. The van der Waals surface area contributed by atoms with Crippen LogP contribution >= 0.6 is 0 Å². The SMILES string of the molecule is CCCC(O)C(CC)CO.O=[N+]([O-])O.O=[N+]([O-])O. The normalized spacial score (nSPS) is 12.0. The van der Waals surface area contributed by atoms with Gasteiger partial charge < -0.3 is 20.6 Å². The number of aliphatic hydroxyl groups excluding tert-OH is 2. The molecule has 0 fully saturated rings. The standard InChI is InChI=1S/C8H18O2.2HNO3/c1-3-5-8(10)7(4-2)6-9;2*2-1(3)4/h7-10H,3-6H2,1-2H3;2*(H,2,3,4). The Kier molecular flexibility index (Phi) is 18.4. The minimum Gasteiger partial charge on any atom is -0.396 e. The molecular weight excluding hydrogens is 252 g/mol. The molecule has 10 heteroatoms. The molecule has 0 aliphatic rings. The van der Waals surface area contributed by atoms with Crippen LogP contribution in [0.25, 0.3) is 0 Å². The predicted octanol–water partition coefficient (Wildman–Crippen LogP) is 0.471. The zero-order valence-electron chi connectivity index (χ0n) is 10.3. The Hall–Kier alpha value is -1.68. The van der Waals surface area contributed by atoms with E-state index in [0.717, 1.165) is 19.3 Å². The lowest BCUT2D eigenvalue weighted by Crippen LogP contribution is -2.22. The maximum absolute atomic E-state index is 9.35. The van der Waals surface area contributed by atoms with E-state index in [4.69, 9.17) is 35.7 Å². The maximum atomic E-state index is 9.35. The van der Waals surface area contributed by atoms with Crippen molar-refractivity contribution in [3.63, 3.8) is 0 Å². The zero-order valence-corrected chi connectivity index (χ0v) is 10.3. The van der Waals surface area contributed by atoms with Crippen molar-refractivity contribution in [1.82, 2.24) is 0 Å². The molecule has 0 aromatic carbocycles. The van der Waals surface area contributed by atoms with E-state index in [0.29, 0.717) is 0 Å². The van der Waals surface area contributed by atoms with Crippen molar-refractivity contribution < 1.29 is 30.8 Å². The highest BCUT2D eigenvalue weighted by Gasteiger charge is 2.14. The largest absolute Gasteiger partial charge is 0.396 e. The van der Waals surface area contributed by atoms with Crippen molar-refractivity contribution in [3.8, 4) is 0 Å². The molecule has 0 saturated heterocycles. The molecule has 0 aromatic heterocycles. The summed E-state index contributed by atoms with van der Waals surface area (Å²) < 4.78 is 0. The van der Waals surface area contributed by atoms with E-state index in [9.17, 15) is 5.11 Å². The molecule has 0 aliphatic heterocycles. The second kappa shape index (κ2) is 15.3. The number of hydrogen-bond donors (Lipinski definition) is 4. The van der Waals surface area contributed by atoms with E-state index < -0.39 is 10.2 Å². The molecule has 0 spiro atoms. The van der Waals surface area contributed by atoms with Crippen LogP contribution in [0.15, 0.2) is 0 Å². The van der Waals surface area contributed by atoms with Gasteiger partial charge in [-0.1, -0.05) is 20.3 Å². The first-order valence-electron chi connectivity index (χ1n) is 5.18. The number of rotatable bonds is 5. The Morgan fingerprint density at radius 2 is 1.44 bits per heavy atom. The Morgan fingerprint density at radius 3 is 1.61 bits per heavy atom. The van der Waals surface area contributed by atoms with E-state index >= 15 is 0 Å². The molecule has 0 aliphatic carbocycles. The molecule has 110 valence electrons. The summed E-state index contributed by atoms with van der Waals surface area (Å²) in [7, 11) is 0. The summed E-state index contributed by atoms with van der Waals surface area (Å²) in [6.07, 6.45) is 2.34. The van der Waals surface area contributed by atoms with Gasteiger partial charge in [0.15, 0.2) is 0 Å². The lowest BCUT2D eigenvalue weighted by molar-refractivity contribution is -0.742. The molecule has 0 rings (SSSR count). The van der Waals surface area contributed by atoms with Crippen molar-refractivity contribution in [1.29, 1.82) is 0 Å².